The van der Waals surface area contributed by atoms with Gasteiger partial charge >= 0.3 is 0 Å². The highest BCUT2D eigenvalue weighted by Gasteiger charge is 2.21. The van der Waals surface area contributed by atoms with Gasteiger partial charge in [-0.25, -0.2) is 4.18 Å². The van der Waals surface area contributed by atoms with E-state index in [-0.39, 0.29) is 6.42 Å². The summed E-state index contributed by atoms with van der Waals surface area (Å²) < 4.78 is 51.9. The van der Waals surface area contributed by atoms with Gasteiger partial charge in [-0.2, -0.15) is 16.8 Å². The average Bonchev–Trinajstić information content (AvgIpc) is 1.73. The molecule has 0 saturated heterocycles. The fourth-order valence-electron chi connectivity index (χ4n) is 0.994. The first-order valence-electron chi connectivity index (χ1n) is 4.09. The molecule has 0 N–H and O–H groups in total. The molecular weight excluding hydrogens is 244 g/mol. The van der Waals surface area contributed by atoms with Crippen LogP contribution >= 0.6 is 0 Å². The van der Waals surface area contributed by atoms with Gasteiger partial charge in [0.05, 0.1) is 25.5 Å². The van der Waals surface area contributed by atoms with Gasteiger partial charge < -0.3 is 0 Å². The van der Waals surface area contributed by atoms with E-state index >= 15 is 0 Å². The summed E-state index contributed by atoms with van der Waals surface area (Å²) in [5, 5.41) is 0. The normalized spacial score (nSPS) is 17.3. The smallest absolute Gasteiger partial charge is 0.267 e. The van der Waals surface area contributed by atoms with E-state index in [0.717, 1.165) is 12.5 Å². The molecule has 0 spiro atoms. The predicted octanol–water partition coefficient (Wildman–Crippen LogP) is -0.0799. The topological polar surface area (TPSA) is 86.7 Å². The lowest BCUT2D eigenvalue weighted by Crippen LogP contribution is -2.23. The lowest BCUT2D eigenvalue weighted by Gasteiger charge is -2.12. The van der Waals surface area contributed by atoms with Gasteiger partial charge in [0.15, 0.2) is 0 Å². The highest BCUT2D eigenvalue weighted by molar-refractivity contribution is 7.86. The molecule has 6 nitrogen and oxygen atoms in total. The molecule has 0 aliphatic heterocycles. The molecule has 0 bridgehead atoms. The number of rotatable bonds is 6. The molecule has 0 aromatic rings. The Hall–Kier alpha value is -0.310. The maximum absolute atomic E-state index is 10.7. The van der Waals surface area contributed by atoms with E-state index in [2.05, 4.69) is 15.3 Å². The second kappa shape index (κ2) is 5.15. The second-order valence-electron chi connectivity index (χ2n) is 3.27. The lowest BCUT2D eigenvalue weighted by atomic mass is 10.2. The Morgan fingerprint density at radius 1 is 1.07 bits per heavy atom. The second-order valence-corrected chi connectivity index (χ2v) is 6.47. The van der Waals surface area contributed by atoms with E-state index in [1.165, 1.54) is 6.92 Å². The maximum Gasteiger partial charge on any atom is 0.268 e. The van der Waals surface area contributed by atoms with E-state index in [0.29, 0.717) is 0 Å². The van der Waals surface area contributed by atoms with Gasteiger partial charge in [0.2, 0.25) is 6.10 Å². The van der Waals surface area contributed by atoms with Gasteiger partial charge in [0.1, 0.15) is 0 Å². The Balaban J connectivity index is 4.14. The van der Waals surface area contributed by atoms with E-state index in [1.54, 1.807) is 0 Å². The number of hydrogen-bond donors (Lipinski definition) is 0. The van der Waals surface area contributed by atoms with Crippen molar-refractivity contribution >= 4 is 20.2 Å². The van der Waals surface area contributed by atoms with Crippen molar-refractivity contribution in [1.29, 1.82) is 0 Å². The van der Waals surface area contributed by atoms with Crippen molar-refractivity contribution in [2.75, 3.05) is 12.5 Å². The van der Waals surface area contributed by atoms with Crippen LogP contribution in [0.25, 0.3) is 0 Å². The molecule has 2 unspecified atom stereocenters. The van der Waals surface area contributed by atoms with Crippen LogP contribution in [0.4, 0.5) is 0 Å². The van der Waals surface area contributed by atoms with Gasteiger partial charge in [-0.15, -0.1) is 0 Å². The van der Waals surface area contributed by atoms with Crippen molar-refractivity contribution < 1.29 is 25.2 Å². The SMILES string of the molecule is [CH2+]C(CC(C)OS(C)(=O)=O)OS(C)(=O)=O. The summed E-state index contributed by atoms with van der Waals surface area (Å²) >= 11 is 0. The molecule has 0 aromatic carbocycles. The van der Waals surface area contributed by atoms with Gasteiger partial charge in [0.25, 0.3) is 20.2 Å². The third-order valence-corrected chi connectivity index (χ3v) is 2.54. The molecule has 0 amide bonds. The van der Waals surface area contributed by atoms with Crippen molar-refractivity contribution in [2.24, 2.45) is 0 Å². The zero-order chi connectivity index (χ0) is 12.3. The Morgan fingerprint density at radius 2 is 1.47 bits per heavy atom. The van der Waals surface area contributed by atoms with Crippen molar-refractivity contribution in [3.05, 3.63) is 6.92 Å². The van der Waals surface area contributed by atoms with Gasteiger partial charge in [-0.1, -0.05) is 0 Å². The highest BCUT2D eigenvalue weighted by Crippen LogP contribution is 2.09. The quantitative estimate of drug-likeness (QED) is 0.490. The first-order chi connectivity index (χ1) is 6.49. The van der Waals surface area contributed by atoms with Crippen LogP contribution in [0.3, 0.4) is 0 Å². The lowest BCUT2D eigenvalue weighted by molar-refractivity contribution is 0.155. The predicted molar refractivity (Wildman–Crippen MR) is 55.1 cm³/mol. The third-order valence-electron chi connectivity index (χ3n) is 1.24. The standard InChI is InChI=1S/C7H15O6S2/c1-6(12-14(3,8)9)5-7(2)13-15(4,10)11/h6-7H,1,5H2,2-4H3/q+1. The Labute approximate surface area is 90.8 Å². The molecule has 0 saturated carbocycles. The van der Waals surface area contributed by atoms with Crippen LogP contribution in [-0.2, 0) is 28.6 Å². The zero-order valence-electron chi connectivity index (χ0n) is 8.83. The molecule has 0 aromatic heterocycles. The minimum Gasteiger partial charge on any atom is -0.267 e. The van der Waals surface area contributed by atoms with Crippen LogP contribution in [0.15, 0.2) is 0 Å². The molecule has 0 aliphatic rings. The molecule has 2 atom stereocenters. The summed E-state index contributed by atoms with van der Waals surface area (Å²) in [6.07, 6.45) is 0.341. The molecule has 0 fully saturated rings. The van der Waals surface area contributed by atoms with Gasteiger partial charge in [-0.05, 0) is 6.92 Å². The molecule has 90 valence electrons. The van der Waals surface area contributed by atoms with Crippen molar-refractivity contribution in [2.45, 2.75) is 25.6 Å². The van der Waals surface area contributed by atoms with Crippen molar-refractivity contribution in [3.8, 4) is 0 Å². The summed E-state index contributed by atoms with van der Waals surface area (Å²) in [5.41, 5.74) is 0. The maximum atomic E-state index is 10.7. The van der Waals surface area contributed by atoms with Gasteiger partial charge in [-0.3, -0.25) is 4.18 Å². The average molecular weight is 259 g/mol. The van der Waals surface area contributed by atoms with Crippen molar-refractivity contribution in [3.63, 3.8) is 0 Å². The summed E-state index contributed by atoms with van der Waals surface area (Å²) in [4.78, 5) is 0. The van der Waals surface area contributed by atoms with E-state index < -0.39 is 32.4 Å². The van der Waals surface area contributed by atoms with Crippen LogP contribution in [0.2, 0.25) is 0 Å². The van der Waals surface area contributed by atoms with Crippen LogP contribution < -0.4 is 0 Å². The largest absolute Gasteiger partial charge is 0.268 e. The summed E-state index contributed by atoms with van der Waals surface area (Å²) in [6.45, 7) is 4.91. The van der Waals surface area contributed by atoms with Crippen molar-refractivity contribution in [1.82, 2.24) is 0 Å². The minimum atomic E-state index is -3.58. The first kappa shape index (κ1) is 14.7. The Bertz CT molecular complexity index is 344. The Morgan fingerprint density at radius 3 is 1.80 bits per heavy atom. The van der Waals surface area contributed by atoms with E-state index in [9.17, 15) is 16.8 Å². The van der Waals surface area contributed by atoms with Crippen LogP contribution in [0.1, 0.15) is 13.3 Å². The zero-order valence-corrected chi connectivity index (χ0v) is 10.5. The fraction of sp³-hybridized carbons (Fsp3) is 0.857. The fourth-order valence-corrected chi connectivity index (χ4v) is 2.24. The van der Waals surface area contributed by atoms with Crippen LogP contribution in [-0.4, -0.2) is 41.6 Å². The Kier molecular flexibility index (Phi) is 5.04. The molecule has 0 radical (unpaired) electrons. The molecule has 0 rings (SSSR count). The molecule has 8 heteroatoms. The summed E-state index contributed by atoms with van der Waals surface area (Å²) in [5.74, 6) is 0. The molecule has 0 heterocycles. The monoisotopic (exact) mass is 259 g/mol. The third kappa shape index (κ3) is 9.98. The van der Waals surface area contributed by atoms with E-state index in [4.69, 9.17) is 0 Å². The van der Waals surface area contributed by atoms with Crippen LogP contribution in [0.5, 0.6) is 0 Å². The summed E-state index contributed by atoms with van der Waals surface area (Å²) in [7, 11) is -7.13. The highest BCUT2D eigenvalue weighted by atomic mass is 32.2. The number of hydrogen-bond acceptors (Lipinski definition) is 6. The van der Waals surface area contributed by atoms with Crippen LogP contribution in [0, 0.1) is 6.92 Å². The first-order valence-corrected chi connectivity index (χ1v) is 7.72. The molecular formula is C7H15O6S2+. The molecule has 0 aliphatic carbocycles. The molecule has 15 heavy (non-hydrogen) atoms. The minimum absolute atomic E-state index is 0.0696. The van der Waals surface area contributed by atoms with Gasteiger partial charge in [0, 0.05) is 6.42 Å². The summed E-state index contributed by atoms with van der Waals surface area (Å²) in [6, 6.07) is 0. The van der Waals surface area contributed by atoms with E-state index in [1.807, 2.05) is 0 Å².